The molecule has 0 saturated heterocycles. The highest BCUT2D eigenvalue weighted by molar-refractivity contribution is 7.99. The van der Waals surface area contributed by atoms with Crippen LogP contribution in [0.15, 0.2) is 54.6 Å². The van der Waals surface area contributed by atoms with Gasteiger partial charge in [0.25, 0.3) is 0 Å². The van der Waals surface area contributed by atoms with Crippen LogP contribution in [-0.4, -0.2) is 24.2 Å². The minimum atomic E-state index is -0.386. The minimum Gasteiger partial charge on any atom is -0.463 e. The topological polar surface area (TPSA) is 55.4 Å². The molecule has 0 bridgehead atoms. The Morgan fingerprint density at radius 3 is 2.46 bits per heavy atom. The Morgan fingerprint density at radius 2 is 1.81 bits per heavy atom. The van der Waals surface area contributed by atoms with Crippen molar-refractivity contribution in [2.75, 3.05) is 17.7 Å². The molecule has 1 N–H and O–H groups in total. The number of rotatable bonds is 8. The Bertz CT molecular complexity index is 758. The van der Waals surface area contributed by atoms with Crippen LogP contribution < -0.4 is 5.32 Å². The van der Waals surface area contributed by atoms with Crippen molar-refractivity contribution < 1.29 is 18.7 Å². The second-order valence-electron chi connectivity index (χ2n) is 5.37. The van der Waals surface area contributed by atoms with Crippen molar-refractivity contribution in [2.45, 2.75) is 12.7 Å². The molecule has 4 nitrogen and oxygen atoms in total. The summed E-state index contributed by atoms with van der Waals surface area (Å²) >= 11 is 1.46. The van der Waals surface area contributed by atoms with E-state index in [1.807, 2.05) is 0 Å². The average molecular weight is 373 g/mol. The standard InChI is InChI=1S/C20H20FNO3S/c1-2-25-20(24)12-7-15-5-10-18(11-6-15)22-19(23)14-26-13-16-3-8-17(21)9-4-16/h3-12H,2,13-14H2,1H3,(H,22,23)/b12-7+. The maximum Gasteiger partial charge on any atom is 0.330 e. The highest BCUT2D eigenvalue weighted by Crippen LogP contribution is 2.15. The summed E-state index contributed by atoms with van der Waals surface area (Å²) in [5, 5.41) is 2.81. The van der Waals surface area contributed by atoms with Gasteiger partial charge in [0.2, 0.25) is 5.91 Å². The van der Waals surface area contributed by atoms with Crippen molar-refractivity contribution in [3.8, 4) is 0 Å². The van der Waals surface area contributed by atoms with Crippen molar-refractivity contribution >= 4 is 35.4 Å². The Kier molecular flexibility index (Phi) is 7.89. The summed E-state index contributed by atoms with van der Waals surface area (Å²) in [6.45, 7) is 2.09. The van der Waals surface area contributed by atoms with Crippen LogP contribution in [0.5, 0.6) is 0 Å². The SMILES string of the molecule is CCOC(=O)/C=C/c1ccc(NC(=O)CSCc2ccc(F)cc2)cc1. The van der Waals surface area contributed by atoms with Gasteiger partial charge in [-0.1, -0.05) is 24.3 Å². The van der Waals surface area contributed by atoms with Crippen molar-refractivity contribution in [3.63, 3.8) is 0 Å². The van der Waals surface area contributed by atoms with Gasteiger partial charge in [-0.3, -0.25) is 4.79 Å². The summed E-state index contributed by atoms with van der Waals surface area (Å²) in [5.74, 6) is 0.194. The number of carbonyl (C=O) groups excluding carboxylic acids is 2. The van der Waals surface area contributed by atoms with Gasteiger partial charge in [-0.25, -0.2) is 9.18 Å². The van der Waals surface area contributed by atoms with E-state index in [4.69, 9.17) is 4.74 Å². The van der Waals surface area contributed by atoms with E-state index >= 15 is 0 Å². The molecule has 2 aromatic carbocycles. The zero-order chi connectivity index (χ0) is 18.8. The molecule has 0 spiro atoms. The maximum atomic E-state index is 12.8. The molecule has 2 aromatic rings. The van der Waals surface area contributed by atoms with Crippen LogP contribution in [-0.2, 0) is 20.1 Å². The number of anilines is 1. The summed E-state index contributed by atoms with van der Waals surface area (Å²) in [6.07, 6.45) is 3.02. The van der Waals surface area contributed by atoms with Crippen molar-refractivity contribution in [1.82, 2.24) is 0 Å². The number of ether oxygens (including phenoxy) is 1. The normalized spacial score (nSPS) is 10.7. The molecule has 0 atom stereocenters. The highest BCUT2D eigenvalue weighted by atomic mass is 32.2. The van der Waals surface area contributed by atoms with Crippen molar-refractivity contribution in [3.05, 3.63) is 71.6 Å². The summed E-state index contributed by atoms with van der Waals surface area (Å²) in [6, 6.07) is 13.4. The van der Waals surface area contributed by atoms with Gasteiger partial charge in [-0.2, -0.15) is 0 Å². The molecule has 2 rings (SSSR count). The third-order valence-electron chi connectivity index (χ3n) is 3.31. The maximum absolute atomic E-state index is 12.8. The van der Waals surface area contributed by atoms with E-state index in [0.29, 0.717) is 23.8 Å². The Labute approximate surface area is 156 Å². The van der Waals surface area contributed by atoms with Gasteiger partial charge in [0.05, 0.1) is 12.4 Å². The second-order valence-corrected chi connectivity index (χ2v) is 6.36. The summed E-state index contributed by atoms with van der Waals surface area (Å²) in [5.41, 5.74) is 2.49. The van der Waals surface area contributed by atoms with Gasteiger partial charge in [-0.15, -0.1) is 11.8 Å². The lowest BCUT2D eigenvalue weighted by atomic mass is 10.2. The van der Waals surface area contributed by atoms with Crippen molar-refractivity contribution in [1.29, 1.82) is 0 Å². The molecule has 0 saturated carbocycles. The van der Waals surface area contributed by atoms with E-state index < -0.39 is 0 Å². The predicted octanol–water partition coefficient (Wildman–Crippen LogP) is 4.27. The lowest BCUT2D eigenvalue weighted by Gasteiger charge is -2.06. The number of thioether (sulfide) groups is 1. The number of amides is 1. The summed E-state index contributed by atoms with van der Waals surface area (Å²) in [7, 11) is 0. The number of halogens is 1. The number of hydrogen-bond acceptors (Lipinski definition) is 4. The number of nitrogens with one attached hydrogen (secondary N) is 1. The van der Waals surface area contributed by atoms with E-state index in [2.05, 4.69) is 5.32 Å². The van der Waals surface area contributed by atoms with Crippen LogP contribution in [0.25, 0.3) is 6.08 Å². The number of carbonyl (C=O) groups is 2. The average Bonchev–Trinajstić information content (AvgIpc) is 2.63. The van der Waals surface area contributed by atoms with E-state index in [0.717, 1.165) is 11.1 Å². The van der Waals surface area contributed by atoms with Gasteiger partial charge < -0.3 is 10.1 Å². The van der Waals surface area contributed by atoms with Gasteiger partial charge in [-0.05, 0) is 48.4 Å². The molecule has 0 aliphatic rings. The highest BCUT2D eigenvalue weighted by Gasteiger charge is 2.03. The number of benzene rings is 2. The Hall–Kier alpha value is -2.60. The lowest BCUT2D eigenvalue weighted by Crippen LogP contribution is -2.14. The van der Waals surface area contributed by atoms with Gasteiger partial charge in [0.1, 0.15) is 5.82 Å². The fourth-order valence-electron chi connectivity index (χ4n) is 2.07. The quantitative estimate of drug-likeness (QED) is 0.554. The zero-order valence-corrected chi connectivity index (χ0v) is 15.2. The summed E-state index contributed by atoms with van der Waals surface area (Å²) in [4.78, 5) is 23.2. The lowest BCUT2D eigenvalue weighted by molar-refractivity contribution is -0.137. The molecule has 0 heterocycles. The second kappa shape index (κ2) is 10.4. The fraction of sp³-hybridized carbons (Fsp3) is 0.200. The molecule has 136 valence electrons. The van der Waals surface area contributed by atoms with Gasteiger partial charge >= 0.3 is 5.97 Å². The molecule has 0 unspecified atom stereocenters. The summed E-state index contributed by atoms with van der Waals surface area (Å²) < 4.78 is 17.6. The molecular weight excluding hydrogens is 353 g/mol. The van der Waals surface area contributed by atoms with Gasteiger partial charge in [0.15, 0.2) is 0 Å². The largest absolute Gasteiger partial charge is 0.463 e. The first kappa shape index (κ1) is 19.7. The van der Waals surface area contributed by atoms with Gasteiger partial charge in [0, 0.05) is 17.5 Å². The first-order valence-electron chi connectivity index (χ1n) is 8.14. The molecule has 0 radical (unpaired) electrons. The number of hydrogen-bond donors (Lipinski definition) is 1. The predicted molar refractivity (Wildman–Crippen MR) is 103 cm³/mol. The molecule has 0 aromatic heterocycles. The zero-order valence-electron chi connectivity index (χ0n) is 14.4. The first-order valence-corrected chi connectivity index (χ1v) is 9.29. The Balaban J connectivity index is 1.76. The van der Waals surface area contributed by atoms with Crippen LogP contribution >= 0.6 is 11.8 Å². The first-order chi connectivity index (χ1) is 12.6. The smallest absolute Gasteiger partial charge is 0.330 e. The van der Waals surface area contributed by atoms with E-state index in [1.54, 1.807) is 49.4 Å². The van der Waals surface area contributed by atoms with Crippen molar-refractivity contribution in [2.24, 2.45) is 0 Å². The van der Waals surface area contributed by atoms with Crippen LogP contribution in [0.2, 0.25) is 0 Å². The van der Waals surface area contributed by atoms with E-state index in [9.17, 15) is 14.0 Å². The third-order valence-corrected chi connectivity index (χ3v) is 4.31. The molecule has 1 amide bonds. The number of esters is 1. The van der Waals surface area contributed by atoms with Crippen LogP contribution in [0, 0.1) is 5.82 Å². The molecular formula is C20H20FNO3S. The van der Waals surface area contributed by atoms with E-state index in [1.165, 1.54) is 30.0 Å². The minimum absolute atomic E-state index is 0.105. The Morgan fingerprint density at radius 1 is 1.12 bits per heavy atom. The molecule has 26 heavy (non-hydrogen) atoms. The molecule has 0 fully saturated rings. The van der Waals surface area contributed by atoms with Crippen LogP contribution in [0.4, 0.5) is 10.1 Å². The van der Waals surface area contributed by atoms with E-state index in [-0.39, 0.29) is 17.7 Å². The monoisotopic (exact) mass is 373 g/mol. The molecule has 0 aliphatic heterocycles. The molecule has 6 heteroatoms. The third kappa shape index (κ3) is 7.11. The van der Waals surface area contributed by atoms with Crippen LogP contribution in [0.1, 0.15) is 18.1 Å². The fourth-order valence-corrected chi connectivity index (χ4v) is 2.86. The molecule has 0 aliphatic carbocycles. The van der Waals surface area contributed by atoms with Crippen LogP contribution in [0.3, 0.4) is 0 Å².